The van der Waals surface area contributed by atoms with E-state index in [1.165, 1.54) is 0 Å². The fraction of sp³-hybridized carbons (Fsp3) is 0.417. The van der Waals surface area contributed by atoms with E-state index in [4.69, 9.17) is 21.1 Å². The topological polar surface area (TPSA) is 35.5 Å². The number of ether oxygens (including phenoxy) is 2. The maximum absolute atomic E-state index is 11.4. The zero-order valence-corrected chi connectivity index (χ0v) is 10.00. The van der Waals surface area contributed by atoms with Crippen LogP contribution in [0.4, 0.5) is 0 Å². The molecular weight excluding hydrogens is 228 g/mol. The van der Waals surface area contributed by atoms with Gasteiger partial charge in [-0.2, -0.15) is 0 Å². The van der Waals surface area contributed by atoms with Crippen molar-refractivity contribution >= 4 is 17.6 Å². The Morgan fingerprint density at radius 3 is 2.81 bits per heavy atom. The summed E-state index contributed by atoms with van der Waals surface area (Å²) in [5, 5.41) is 0.445. The fourth-order valence-corrected chi connectivity index (χ4v) is 1.34. The standard InChI is InChI=1S/C12H15ClO3/c1-2-15-9-5-8-12(14)16-11-7-4-3-6-10(11)13/h3-4,6-7H,2,5,8-9H2,1H3. The predicted octanol–water partition coefficient (Wildman–Crippen LogP) is 3.06. The number of esters is 1. The number of carbonyl (C=O) groups is 1. The summed E-state index contributed by atoms with van der Waals surface area (Å²) >= 11 is 5.85. The summed E-state index contributed by atoms with van der Waals surface area (Å²) in [6.45, 7) is 3.16. The third-order valence-electron chi connectivity index (χ3n) is 1.93. The normalized spacial score (nSPS) is 10.1. The molecule has 1 rings (SSSR count). The molecule has 0 amide bonds. The highest BCUT2D eigenvalue weighted by Crippen LogP contribution is 2.23. The zero-order chi connectivity index (χ0) is 11.8. The Kier molecular flexibility index (Phi) is 5.90. The highest BCUT2D eigenvalue weighted by Gasteiger charge is 2.07. The van der Waals surface area contributed by atoms with E-state index in [2.05, 4.69) is 0 Å². The van der Waals surface area contributed by atoms with Crippen molar-refractivity contribution in [2.24, 2.45) is 0 Å². The lowest BCUT2D eigenvalue weighted by atomic mass is 10.3. The molecule has 16 heavy (non-hydrogen) atoms. The lowest BCUT2D eigenvalue weighted by Crippen LogP contribution is -2.09. The Balaban J connectivity index is 2.32. The van der Waals surface area contributed by atoms with E-state index in [0.29, 0.717) is 36.8 Å². The van der Waals surface area contributed by atoms with E-state index in [1.807, 2.05) is 6.92 Å². The summed E-state index contributed by atoms with van der Waals surface area (Å²) < 4.78 is 10.2. The van der Waals surface area contributed by atoms with Crippen molar-refractivity contribution in [1.29, 1.82) is 0 Å². The number of rotatable bonds is 6. The minimum atomic E-state index is -0.284. The molecule has 0 heterocycles. The van der Waals surface area contributed by atoms with Crippen LogP contribution in [-0.4, -0.2) is 19.2 Å². The third kappa shape index (κ3) is 4.64. The van der Waals surface area contributed by atoms with Gasteiger partial charge in [-0.1, -0.05) is 23.7 Å². The molecule has 1 aromatic carbocycles. The summed E-state index contributed by atoms with van der Waals surface area (Å²) in [5.41, 5.74) is 0. The van der Waals surface area contributed by atoms with E-state index < -0.39 is 0 Å². The largest absolute Gasteiger partial charge is 0.425 e. The molecule has 4 heteroatoms. The molecule has 0 aromatic heterocycles. The maximum Gasteiger partial charge on any atom is 0.311 e. The predicted molar refractivity (Wildman–Crippen MR) is 62.8 cm³/mol. The Bertz CT molecular complexity index is 339. The number of para-hydroxylation sites is 1. The SMILES string of the molecule is CCOCCCC(=O)Oc1ccccc1Cl. The van der Waals surface area contributed by atoms with Gasteiger partial charge in [0.2, 0.25) is 0 Å². The summed E-state index contributed by atoms with van der Waals surface area (Å²) in [6.07, 6.45) is 1.00. The van der Waals surface area contributed by atoms with Crippen LogP contribution in [0.25, 0.3) is 0 Å². The van der Waals surface area contributed by atoms with Crippen LogP contribution >= 0.6 is 11.6 Å². The molecule has 0 aliphatic carbocycles. The second-order valence-corrected chi connectivity index (χ2v) is 3.61. The van der Waals surface area contributed by atoms with Gasteiger partial charge in [-0.25, -0.2) is 0 Å². The molecule has 0 spiro atoms. The lowest BCUT2D eigenvalue weighted by molar-refractivity contribution is -0.134. The molecule has 0 N–H and O–H groups in total. The maximum atomic E-state index is 11.4. The molecule has 0 saturated heterocycles. The molecule has 3 nitrogen and oxygen atoms in total. The summed E-state index contributed by atoms with van der Waals surface area (Å²) in [6, 6.07) is 6.91. The summed E-state index contributed by atoms with van der Waals surface area (Å²) in [7, 11) is 0. The van der Waals surface area contributed by atoms with Crippen LogP contribution in [0.3, 0.4) is 0 Å². The lowest BCUT2D eigenvalue weighted by Gasteiger charge is -2.05. The van der Waals surface area contributed by atoms with Crippen molar-refractivity contribution in [2.75, 3.05) is 13.2 Å². The Morgan fingerprint density at radius 1 is 1.38 bits per heavy atom. The molecule has 0 saturated carbocycles. The third-order valence-corrected chi connectivity index (χ3v) is 2.25. The molecule has 0 fully saturated rings. The van der Waals surface area contributed by atoms with Gasteiger partial charge in [0.25, 0.3) is 0 Å². The van der Waals surface area contributed by atoms with E-state index >= 15 is 0 Å². The van der Waals surface area contributed by atoms with Crippen molar-refractivity contribution in [3.63, 3.8) is 0 Å². The Hall–Kier alpha value is -1.06. The molecular formula is C12H15ClO3. The number of benzene rings is 1. The van der Waals surface area contributed by atoms with Crippen molar-refractivity contribution in [1.82, 2.24) is 0 Å². The first-order valence-corrected chi connectivity index (χ1v) is 5.64. The first-order chi connectivity index (χ1) is 7.74. The second-order valence-electron chi connectivity index (χ2n) is 3.20. The van der Waals surface area contributed by atoms with Gasteiger partial charge in [-0.15, -0.1) is 0 Å². The van der Waals surface area contributed by atoms with Crippen LogP contribution in [0.5, 0.6) is 5.75 Å². The first kappa shape index (κ1) is 13.0. The molecule has 1 aromatic rings. The van der Waals surface area contributed by atoms with Crippen molar-refractivity contribution in [3.05, 3.63) is 29.3 Å². The van der Waals surface area contributed by atoms with E-state index in [1.54, 1.807) is 24.3 Å². The van der Waals surface area contributed by atoms with Gasteiger partial charge in [-0.3, -0.25) is 4.79 Å². The number of hydrogen-bond donors (Lipinski definition) is 0. The van der Waals surface area contributed by atoms with E-state index in [-0.39, 0.29) is 5.97 Å². The van der Waals surface area contributed by atoms with Crippen LogP contribution in [0.2, 0.25) is 5.02 Å². The van der Waals surface area contributed by atoms with Gasteiger partial charge in [0.15, 0.2) is 0 Å². The van der Waals surface area contributed by atoms with Crippen LogP contribution in [-0.2, 0) is 9.53 Å². The smallest absolute Gasteiger partial charge is 0.311 e. The molecule has 0 unspecified atom stereocenters. The minimum Gasteiger partial charge on any atom is -0.425 e. The Labute approximate surface area is 100 Å². The quantitative estimate of drug-likeness (QED) is 0.437. The van der Waals surface area contributed by atoms with Gasteiger partial charge in [0.05, 0.1) is 5.02 Å². The van der Waals surface area contributed by atoms with Gasteiger partial charge in [-0.05, 0) is 25.5 Å². The van der Waals surface area contributed by atoms with Crippen molar-refractivity contribution in [3.8, 4) is 5.75 Å². The molecule has 0 atom stereocenters. The molecule has 88 valence electrons. The highest BCUT2D eigenvalue weighted by atomic mass is 35.5. The number of carbonyl (C=O) groups excluding carboxylic acids is 1. The van der Waals surface area contributed by atoms with E-state index in [9.17, 15) is 4.79 Å². The molecule has 0 bridgehead atoms. The van der Waals surface area contributed by atoms with Gasteiger partial charge in [0, 0.05) is 19.6 Å². The number of hydrogen-bond acceptors (Lipinski definition) is 3. The summed E-state index contributed by atoms with van der Waals surface area (Å²) in [4.78, 5) is 11.4. The minimum absolute atomic E-state index is 0.284. The van der Waals surface area contributed by atoms with Crippen LogP contribution in [0, 0.1) is 0 Å². The average Bonchev–Trinajstić information content (AvgIpc) is 2.28. The molecule has 0 radical (unpaired) electrons. The van der Waals surface area contributed by atoms with Crippen LogP contribution in [0.1, 0.15) is 19.8 Å². The monoisotopic (exact) mass is 242 g/mol. The van der Waals surface area contributed by atoms with Crippen LogP contribution < -0.4 is 4.74 Å². The fourth-order valence-electron chi connectivity index (χ4n) is 1.16. The van der Waals surface area contributed by atoms with Gasteiger partial charge in [0.1, 0.15) is 5.75 Å². The van der Waals surface area contributed by atoms with E-state index in [0.717, 1.165) is 0 Å². The van der Waals surface area contributed by atoms with Gasteiger partial charge < -0.3 is 9.47 Å². The molecule has 0 aliphatic heterocycles. The second kappa shape index (κ2) is 7.25. The average molecular weight is 243 g/mol. The number of halogens is 1. The first-order valence-electron chi connectivity index (χ1n) is 5.27. The van der Waals surface area contributed by atoms with Gasteiger partial charge >= 0.3 is 5.97 Å². The highest BCUT2D eigenvalue weighted by molar-refractivity contribution is 6.32. The molecule has 0 aliphatic rings. The van der Waals surface area contributed by atoms with Crippen LogP contribution in [0.15, 0.2) is 24.3 Å². The summed E-state index contributed by atoms with van der Waals surface area (Å²) in [5.74, 6) is 0.123. The van der Waals surface area contributed by atoms with Crippen molar-refractivity contribution < 1.29 is 14.3 Å². The zero-order valence-electron chi connectivity index (χ0n) is 9.24. The Morgan fingerprint density at radius 2 is 2.12 bits per heavy atom. The van der Waals surface area contributed by atoms with Crippen molar-refractivity contribution in [2.45, 2.75) is 19.8 Å².